The summed E-state index contributed by atoms with van der Waals surface area (Å²) in [5.41, 5.74) is 11.3. The van der Waals surface area contributed by atoms with Gasteiger partial charge in [0.2, 0.25) is 5.91 Å². The first-order chi connectivity index (χ1) is 8.99. The summed E-state index contributed by atoms with van der Waals surface area (Å²) in [5, 5.41) is 2.74. The van der Waals surface area contributed by atoms with Crippen LogP contribution in [0.5, 0.6) is 0 Å². The van der Waals surface area contributed by atoms with Crippen LogP contribution in [0, 0.1) is 0 Å². The molecule has 104 valence electrons. The van der Waals surface area contributed by atoms with E-state index in [4.69, 9.17) is 11.5 Å². The zero-order chi connectivity index (χ0) is 14.5. The fraction of sp³-hybridized carbons (Fsp3) is 0.429. The first kappa shape index (κ1) is 15.2. The van der Waals surface area contributed by atoms with Gasteiger partial charge in [0.15, 0.2) is 0 Å². The number of carbonyl (C=O) groups is 2. The highest BCUT2D eigenvalue weighted by atomic mass is 16.2. The van der Waals surface area contributed by atoms with Crippen LogP contribution in [0.25, 0.3) is 0 Å². The molecule has 0 aliphatic rings. The lowest BCUT2D eigenvalue weighted by molar-refractivity contribution is -0.124. The molecule has 1 rings (SSSR count). The second-order valence-electron chi connectivity index (χ2n) is 4.51. The van der Waals surface area contributed by atoms with E-state index < -0.39 is 11.4 Å². The Kier molecular flexibility index (Phi) is 5.06. The summed E-state index contributed by atoms with van der Waals surface area (Å²) in [6.45, 7) is 4.08. The lowest BCUT2D eigenvalue weighted by Crippen LogP contribution is -2.56. The number of hydrogen-bond donors (Lipinski definition) is 3. The van der Waals surface area contributed by atoms with Crippen molar-refractivity contribution in [3.05, 3.63) is 35.4 Å². The second kappa shape index (κ2) is 6.33. The van der Waals surface area contributed by atoms with Crippen molar-refractivity contribution in [2.75, 3.05) is 0 Å². The monoisotopic (exact) mass is 263 g/mol. The van der Waals surface area contributed by atoms with Crippen LogP contribution < -0.4 is 16.8 Å². The van der Waals surface area contributed by atoms with Crippen LogP contribution in [0.1, 0.15) is 42.6 Å². The number of amides is 2. The highest BCUT2D eigenvalue weighted by Crippen LogP contribution is 2.16. The maximum absolute atomic E-state index is 12.1. The summed E-state index contributed by atoms with van der Waals surface area (Å²) in [6, 6.07) is 6.96. The van der Waals surface area contributed by atoms with E-state index in [1.54, 1.807) is 24.3 Å². The van der Waals surface area contributed by atoms with Gasteiger partial charge in [-0.15, -0.1) is 0 Å². The minimum atomic E-state index is -0.983. The van der Waals surface area contributed by atoms with Gasteiger partial charge in [-0.05, 0) is 30.5 Å². The molecular formula is C14H21N3O2. The zero-order valence-electron chi connectivity index (χ0n) is 11.4. The van der Waals surface area contributed by atoms with Gasteiger partial charge in [0, 0.05) is 12.1 Å². The summed E-state index contributed by atoms with van der Waals surface area (Å²) in [7, 11) is 0. The van der Waals surface area contributed by atoms with E-state index in [1.165, 1.54) is 0 Å². The number of rotatable bonds is 6. The minimum Gasteiger partial charge on any atom is -0.368 e. The summed E-state index contributed by atoms with van der Waals surface area (Å²) >= 11 is 0. The van der Waals surface area contributed by atoms with Gasteiger partial charge < -0.3 is 16.8 Å². The SMILES string of the molecule is CCC(CC)(NC(=O)c1ccc(CN)cc1)C(N)=O. The van der Waals surface area contributed by atoms with Gasteiger partial charge in [-0.1, -0.05) is 26.0 Å². The van der Waals surface area contributed by atoms with Crippen molar-refractivity contribution < 1.29 is 9.59 Å². The zero-order valence-corrected chi connectivity index (χ0v) is 11.4. The molecule has 0 radical (unpaired) electrons. The molecule has 0 saturated carbocycles. The molecule has 0 aromatic heterocycles. The van der Waals surface area contributed by atoms with Crippen molar-refractivity contribution in [1.82, 2.24) is 5.32 Å². The van der Waals surface area contributed by atoms with Crippen LogP contribution in [0.2, 0.25) is 0 Å². The van der Waals surface area contributed by atoms with Crippen molar-refractivity contribution >= 4 is 11.8 Å². The maximum Gasteiger partial charge on any atom is 0.252 e. The van der Waals surface area contributed by atoms with Crippen molar-refractivity contribution in [2.24, 2.45) is 11.5 Å². The predicted molar refractivity (Wildman–Crippen MR) is 74.3 cm³/mol. The largest absolute Gasteiger partial charge is 0.368 e. The van der Waals surface area contributed by atoms with E-state index in [-0.39, 0.29) is 5.91 Å². The van der Waals surface area contributed by atoms with Crippen molar-refractivity contribution in [1.29, 1.82) is 0 Å². The van der Waals surface area contributed by atoms with Gasteiger partial charge in [-0.2, -0.15) is 0 Å². The molecule has 5 N–H and O–H groups in total. The Labute approximate surface area is 113 Å². The summed E-state index contributed by atoms with van der Waals surface area (Å²) in [6.07, 6.45) is 0.927. The molecule has 1 aromatic rings. The molecule has 0 unspecified atom stereocenters. The smallest absolute Gasteiger partial charge is 0.252 e. The van der Waals surface area contributed by atoms with Crippen LogP contribution >= 0.6 is 0 Å². The van der Waals surface area contributed by atoms with E-state index in [1.807, 2.05) is 13.8 Å². The average molecular weight is 263 g/mol. The number of nitrogens with one attached hydrogen (secondary N) is 1. The molecule has 0 spiro atoms. The normalized spacial score (nSPS) is 11.1. The standard InChI is InChI=1S/C14H21N3O2/c1-3-14(4-2,13(16)19)17-12(18)11-7-5-10(9-15)6-8-11/h5-8H,3-4,9,15H2,1-2H3,(H2,16,19)(H,17,18). The Bertz CT molecular complexity index is 450. The summed E-state index contributed by atoms with van der Waals surface area (Å²) in [5.74, 6) is -0.810. The number of carbonyl (C=O) groups excluding carboxylic acids is 2. The summed E-state index contributed by atoms with van der Waals surface area (Å²) < 4.78 is 0. The first-order valence-corrected chi connectivity index (χ1v) is 6.40. The van der Waals surface area contributed by atoms with Crippen LogP contribution in [0.3, 0.4) is 0 Å². The predicted octanol–water partition coefficient (Wildman–Crippen LogP) is 0.919. The number of benzene rings is 1. The molecular weight excluding hydrogens is 242 g/mol. The first-order valence-electron chi connectivity index (χ1n) is 6.40. The van der Waals surface area contributed by atoms with Gasteiger partial charge in [-0.25, -0.2) is 0 Å². The third-order valence-electron chi connectivity index (χ3n) is 3.48. The van der Waals surface area contributed by atoms with E-state index >= 15 is 0 Å². The third-order valence-corrected chi connectivity index (χ3v) is 3.48. The number of primary amides is 1. The van der Waals surface area contributed by atoms with Crippen molar-refractivity contribution in [3.63, 3.8) is 0 Å². The van der Waals surface area contributed by atoms with Crippen molar-refractivity contribution in [2.45, 2.75) is 38.8 Å². The molecule has 0 atom stereocenters. The van der Waals surface area contributed by atoms with Gasteiger partial charge in [0.05, 0.1) is 0 Å². The second-order valence-corrected chi connectivity index (χ2v) is 4.51. The molecule has 1 aromatic carbocycles. The Morgan fingerprint density at radius 2 is 1.68 bits per heavy atom. The lowest BCUT2D eigenvalue weighted by atomic mass is 9.91. The molecule has 0 saturated heterocycles. The molecule has 0 aliphatic carbocycles. The van der Waals surface area contributed by atoms with Gasteiger partial charge in [0.25, 0.3) is 5.91 Å². The Hall–Kier alpha value is -1.88. The van der Waals surface area contributed by atoms with Crippen LogP contribution in [0.15, 0.2) is 24.3 Å². The molecule has 0 aliphatic heterocycles. The molecule has 0 heterocycles. The Balaban J connectivity index is 2.90. The molecule has 2 amide bonds. The quantitative estimate of drug-likeness (QED) is 0.711. The molecule has 5 nitrogen and oxygen atoms in total. The third kappa shape index (κ3) is 3.32. The highest BCUT2D eigenvalue weighted by molar-refractivity contribution is 5.98. The van der Waals surface area contributed by atoms with Crippen LogP contribution in [0.4, 0.5) is 0 Å². The van der Waals surface area contributed by atoms with E-state index in [0.29, 0.717) is 24.9 Å². The minimum absolute atomic E-state index is 0.300. The fourth-order valence-corrected chi connectivity index (χ4v) is 1.92. The average Bonchev–Trinajstić information content (AvgIpc) is 2.44. The fourth-order valence-electron chi connectivity index (χ4n) is 1.92. The maximum atomic E-state index is 12.1. The van der Waals surface area contributed by atoms with Crippen LogP contribution in [-0.2, 0) is 11.3 Å². The van der Waals surface area contributed by atoms with Crippen LogP contribution in [-0.4, -0.2) is 17.4 Å². The highest BCUT2D eigenvalue weighted by Gasteiger charge is 2.34. The van der Waals surface area contributed by atoms with Gasteiger partial charge in [-0.3, -0.25) is 9.59 Å². The van der Waals surface area contributed by atoms with Crippen molar-refractivity contribution in [3.8, 4) is 0 Å². The molecule has 0 bridgehead atoms. The Morgan fingerprint density at radius 3 is 2.05 bits per heavy atom. The molecule has 19 heavy (non-hydrogen) atoms. The van der Waals surface area contributed by atoms with Gasteiger partial charge in [0.1, 0.15) is 5.54 Å². The van der Waals surface area contributed by atoms with Gasteiger partial charge >= 0.3 is 0 Å². The topological polar surface area (TPSA) is 98.2 Å². The summed E-state index contributed by atoms with van der Waals surface area (Å²) in [4.78, 5) is 23.7. The molecule has 0 fully saturated rings. The number of nitrogens with two attached hydrogens (primary N) is 2. The van der Waals surface area contributed by atoms with E-state index in [2.05, 4.69) is 5.32 Å². The van der Waals surface area contributed by atoms with E-state index in [9.17, 15) is 9.59 Å². The van der Waals surface area contributed by atoms with E-state index in [0.717, 1.165) is 5.56 Å². The number of hydrogen-bond acceptors (Lipinski definition) is 3. The molecule has 5 heteroatoms. The lowest BCUT2D eigenvalue weighted by Gasteiger charge is -2.29. The Morgan fingerprint density at radius 1 is 1.16 bits per heavy atom.